The van der Waals surface area contributed by atoms with Crippen LogP contribution in [0, 0.1) is 23.2 Å². The molecule has 6 heteroatoms. The van der Waals surface area contributed by atoms with Crippen molar-refractivity contribution in [2.24, 2.45) is 23.2 Å². The van der Waals surface area contributed by atoms with Gasteiger partial charge < -0.3 is 18.9 Å². The molecule has 0 aromatic heterocycles. The molecule has 2 saturated heterocycles. The molecule has 0 aromatic carbocycles. The van der Waals surface area contributed by atoms with Crippen LogP contribution in [0.15, 0.2) is 0 Å². The molecule has 0 N–H and O–H groups in total. The molecule has 5 rings (SSSR count). The van der Waals surface area contributed by atoms with Crippen molar-refractivity contribution in [2.75, 3.05) is 6.54 Å². The SMILES string of the molecule is CC(C)CCC1(C)[C@@H]2CC3OB([C@@H]4CCCN4C(=O)OC(C)(C)C)O[C@@]3(C)[C@H]1C2. The van der Waals surface area contributed by atoms with E-state index in [1.807, 2.05) is 25.7 Å². The highest BCUT2D eigenvalue weighted by molar-refractivity contribution is 6.47. The summed E-state index contributed by atoms with van der Waals surface area (Å²) >= 11 is 0. The largest absolute Gasteiger partial charge is 0.482 e. The van der Waals surface area contributed by atoms with Gasteiger partial charge in [-0.1, -0.05) is 27.2 Å². The van der Waals surface area contributed by atoms with Gasteiger partial charge in [0, 0.05) is 6.54 Å². The van der Waals surface area contributed by atoms with Crippen LogP contribution in [0.4, 0.5) is 4.79 Å². The fourth-order valence-electron chi connectivity index (χ4n) is 6.48. The first-order chi connectivity index (χ1) is 13.4. The third-order valence-electron chi connectivity index (χ3n) is 8.25. The van der Waals surface area contributed by atoms with Gasteiger partial charge in [-0.25, -0.2) is 4.79 Å². The number of nitrogens with zero attached hydrogens (tertiary/aromatic N) is 1. The third-order valence-corrected chi connectivity index (χ3v) is 8.25. The molecule has 29 heavy (non-hydrogen) atoms. The van der Waals surface area contributed by atoms with E-state index in [1.165, 1.54) is 19.3 Å². The van der Waals surface area contributed by atoms with Crippen molar-refractivity contribution in [1.82, 2.24) is 4.90 Å². The van der Waals surface area contributed by atoms with Crippen molar-refractivity contribution in [2.45, 2.75) is 110 Å². The number of hydrogen-bond donors (Lipinski definition) is 0. The maximum absolute atomic E-state index is 12.7. The minimum absolute atomic E-state index is 0.0357. The Bertz CT molecular complexity index is 649. The summed E-state index contributed by atoms with van der Waals surface area (Å²) in [4.78, 5) is 14.6. The lowest BCUT2D eigenvalue weighted by Gasteiger charge is -2.66. The van der Waals surface area contributed by atoms with Gasteiger partial charge in [-0.15, -0.1) is 0 Å². The second-order valence-electron chi connectivity index (χ2n) is 11.8. The second kappa shape index (κ2) is 7.15. The molecule has 1 amide bonds. The predicted molar refractivity (Wildman–Crippen MR) is 114 cm³/mol. The second-order valence-corrected chi connectivity index (χ2v) is 11.8. The summed E-state index contributed by atoms with van der Waals surface area (Å²) in [6.45, 7) is 15.9. The fraction of sp³-hybridized carbons (Fsp3) is 0.957. The van der Waals surface area contributed by atoms with E-state index in [0.29, 0.717) is 11.3 Å². The van der Waals surface area contributed by atoms with Crippen LogP contribution in [0.5, 0.6) is 0 Å². The highest BCUT2D eigenvalue weighted by Crippen LogP contribution is 2.67. The summed E-state index contributed by atoms with van der Waals surface area (Å²) in [5.41, 5.74) is -0.345. The number of amides is 1. The van der Waals surface area contributed by atoms with E-state index in [1.54, 1.807) is 0 Å². The number of hydrogen-bond acceptors (Lipinski definition) is 4. The first kappa shape index (κ1) is 21.5. The molecule has 5 aliphatic rings. The van der Waals surface area contributed by atoms with Gasteiger partial charge in [0.05, 0.1) is 17.6 Å². The maximum atomic E-state index is 12.7. The summed E-state index contributed by atoms with van der Waals surface area (Å²) in [5.74, 6) is 2.01. The smallest absolute Gasteiger partial charge is 0.444 e. The van der Waals surface area contributed by atoms with Crippen molar-refractivity contribution < 1.29 is 18.8 Å². The Labute approximate surface area is 177 Å². The van der Waals surface area contributed by atoms with E-state index in [9.17, 15) is 4.79 Å². The average Bonchev–Trinajstić information content (AvgIpc) is 3.20. The zero-order chi connectivity index (χ0) is 21.2. The normalized spacial score (nSPS) is 41.5. The number of likely N-dealkylation sites (tertiary alicyclic amines) is 1. The molecular formula is C23H40BNO4. The van der Waals surface area contributed by atoms with E-state index in [4.69, 9.17) is 14.0 Å². The van der Waals surface area contributed by atoms with Crippen LogP contribution in [0.1, 0.15) is 87.0 Å². The standard InChI is InChI=1S/C23H40BNO4/c1-15(2)10-11-22(6)16-13-17(22)23(7)18(14-16)28-24(29-23)19-9-8-12-25(19)20(26)27-21(3,4)5/h15-19H,8-14H2,1-7H3/t16-,17-,18?,19-,22?,23-/m0/s1. The van der Waals surface area contributed by atoms with Crippen molar-refractivity contribution in [1.29, 1.82) is 0 Å². The van der Waals surface area contributed by atoms with Gasteiger partial charge in [-0.05, 0) is 83.0 Å². The van der Waals surface area contributed by atoms with Crippen molar-refractivity contribution in [3.63, 3.8) is 0 Å². The quantitative estimate of drug-likeness (QED) is 0.613. The molecule has 0 radical (unpaired) electrons. The molecule has 2 aliphatic heterocycles. The van der Waals surface area contributed by atoms with E-state index >= 15 is 0 Å². The van der Waals surface area contributed by atoms with Crippen molar-refractivity contribution in [3.05, 3.63) is 0 Å². The molecule has 6 atom stereocenters. The van der Waals surface area contributed by atoms with E-state index in [-0.39, 0.29) is 30.9 Å². The van der Waals surface area contributed by atoms with Gasteiger partial charge in [0.25, 0.3) is 0 Å². The van der Waals surface area contributed by atoms with Crippen LogP contribution < -0.4 is 0 Å². The molecule has 5 fully saturated rings. The lowest BCUT2D eigenvalue weighted by Crippen LogP contribution is -2.66. The summed E-state index contributed by atoms with van der Waals surface area (Å²) in [6.07, 6.45) is 6.74. The van der Waals surface area contributed by atoms with E-state index in [0.717, 1.165) is 37.6 Å². The highest BCUT2D eigenvalue weighted by atomic mass is 16.7. The molecule has 2 heterocycles. The Kier molecular flexibility index (Phi) is 5.30. The molecule has 2 unspecified atom stereocenters. The predicted octanol–water partition coefficient (Wildman–Crippen LogP) is 5.07. The molecule has 2 bridgehead atoms. The zero-order valence-electron chi connectivity index (χ0n) is 19.5. The minimum atomic E-state index is -0.485. The Hall–Kier alpha value is -0.745. The van der Waals surface area contributed by atoms with Gasteiger partial charge in [0.1, 0.15) is 5.60 Å². The van der Waals surface area contributed by atoms with Crippen LogP contribution in [-0.2, 0) is 14.0 Å². The van der Waals surface area contributed by atoms with Gasteiger partial charge in [-0.2, -0.15) is 0 Å². The summed E-state index contributed by atoms with van der Waals surface area (Å²) in [7, 11) is -0.325. The maximum Gasteiger partial charge on any atom is 0.482 e. The van der Waals surface area contributed by atoms with Crippen LogP contribution in [0.25, 0.3) is 0 Å². The number of carbonyl (C=O) groups excluding carboxylic acids is 1. The van der Waals surface area contributed by atoms with E-state index in [2.05, 4.69) is 27.7 Å². The van der Waals surface area contributed by atoms with Gasteiger partial charge in [0.2, 0.25) is 0 Å². The summed E-state index contributed by atoms with van der Waals surface area (Å²) < 4.78 is 18.9. The molecule has 0 aromatic rings. The first-order valence-electron chi connectivity index (χ1n) is 11.8. The topological polar surface area (TPSA) is 48.0 Å². The van der Waals surface area contributed by atoms with Gasteiger partial charge >= 0.3 is 13.2 Å². The lowest BCUT2D eigenvalue weighted by molar-refractivity contribution is -0.211. The number of ether oxygens (including phenoxy) is 1. The Morgan fingerprint density at radius 2 is 2.00 bits per heavy atom. The molecule has 5 nitrogen and oxygen atoms in total. The van der Waals surface area contributed by atoms with E-state index < -0.39 is 5.60 Å². The molecular weight excluding hydrogens is 365 g/mol. The Morgan fingerprint density at radius 1 is 1.28 bits per heavy atom. The molecule has 0 spiro atoms. The highest BCUT2D eigenvalue weighted by Gasteiger charge is 2.70. The fourth-order valence-corrected chi connectivity index (χ4v) is 6.48. The average molecular weight is 405 g/mol. The lowest BCUT2D eigenvalue weighted by atomic mass is 9.41. The van der Waals surface area contributed by atoms with Gasteiger partial charge in [0.15, 0.2) is 0 Å². The van der Waals surface area contributed by atoms with Gasteiger partial charge in [-0.3, -0.25) is 0 Å². The van der Waals surface area contributed by atoms with Crippen LogP contribution in [0.2, 0.25) is 0 Å². The van der Waals surface area contributed by atoms with Crippen LogP contribution in [-0.4, -0.2) is 47.9 Å². The number of carbonyl (C=O) groups is 1. The third kappa shape index (κ3) is 3.62. The first-order valence-corrected chi connectivity index (χ1v) is 11.8. The van der Waals surface area contributed by atoms with Crippen molar-refractivity contribution in [3.8, 4) is 0 Å². The van der Waals surface area contributed by atoms with Crippen LogP contribution in [0.3, 0.4) is 0 Å². The minimum Gasteiger partial charge on any atom is -0.444 e. The monoisotopic (exact) mass is 405 g/mol. The summed E-state index contributed by atoms with van der Waals surface area (Å²) in [5, 5.41) is 0. The molecule has 164 valence electrons. The Morgan fingerprint density at radius 3 is 2.66 bits per heavy atom. The summed E-state index contributed by atoms with van der Waals surface area (Å²) in [6, 6.07) is 0. The molecule has 3 saturated carbocycles. The van der Waals surface area contributed by atoms with Crippen molar-refractivity contribution >= 4 is 13.2 Å². The molecule has 3 aliphatic carbocycles. The van der Waals surface area contributed by atoms with Crippen LogP contribution >= 0.6 is 0 Å². The zero-order valence-corrected chi connectivity index (χ0v) is 19.5. The Balaban J connectivity index is 1.46. The number of rotatable bonds is 4.